The number of hydrogen-bond acceptors (Lipinski definition) is 1. The first-order valence-corrected chi connectivity index (χ1v) is 7.41. The Morgan fingerprint density at radius 1 is 1.19 bits per heavy atom. The topological polar surface area (TPSA) is 17.1 Å². The van der Waals surface area contributed by atoms with Crippen LogP contribution in [0.5, 0.6) is 0 Å². The molecule has 16 heavy (non-hydrogen) atoms. The maximum Gasteiger partial charge on any atom is 0.136 e. The Hall–Kier alpha value is -0.0400. The molecule has 0 aromatic rings. The molecule has 1 fully saturated rings. The van der Waals surface area contributed by atoms with E-state index in [1.807, 2.05) is 0 Å². The van der Waals surface area contributed by atoms with Gasteiger partial charge in [-0.2, -0.15) is 0 Å². The third kappa shape index (κ3) is 4.45. The highest BCUT2D eigenvalue weighted by atomic mass is 35.5. The standard InChI is InChI=1S/C14H25ClO/c1-2-3-4-8-13-12(7-5-6-11-15)9-10-14(13)16/h12-13H,2-11H2,1H3. The number of alkyl halides is 1. The Balaban J connectivity index is 2.28. The van der Waals surface area contributed by atoms with Gasteiger partial charge in [0.05, 0.1) is 0 Å². The zero-order valence-electron chi connectivity index (χ0n) is 10.5. The monoisotopic (exact) mass is 244 g/mol. The van der Waals surface area contributed by atoms with Crippen LogP contribution >= 0.6 is 11.6 Å². The fraction of sp³-hybridized carbons (Fsp3) is 0.929. The van der Waals surface area contributed by atoms with Crippen LogP contribution in [0.4, 0.5) is 0 Å². The summed E-state index contributed by atoms with van der Waals surface area (Å²) in [4.78, 5) is 11.8. The summed E-state index contributed by atoms with van der Waals surface area (Å²) in [6.45, 7) is 2.22. The number of unbranched alkanes of at least 4 members (excludes halogenated alkanes) is 3. The fourth-order valence-corrected chi connectivity index (χ4v) is 3.02. The summed E-state index contributed by atoms with van der Waals surface area (Å²) in [5, 5.41) is 0. The van der Waals surface area contributed by atoms with Crippen LogP contribution in [0.1, 0.15) is 64.7 Å². The maximum atomic E-state index is 11.8. The van der Waals surface area contributed by atoms with Crippen molar-refractivity contribution in [3.05, 3.63) is 0 Å². The van der Waals surface area contributed by atoms with Crippen molar-refractivity contribution in [1.29, 1.82) is 0 Å². The molecule has 0 aromatic heterocycles. The Bertz CT molecular complexity index is 203. The summed E-state index contributed by atoms with van der Waals surface area (Å²) in [6, 6.07) is 0. The number of hydrogen-bond donors (Lipinski definition) is 0. The van der Waals surface area contributed by atoms with E-state index in [0.717, 1.165) is 31.6 Å². The Morgan fingerprint density at radius 2 is 1.94 bits per heavy atom. The minimum absolute atomic E-state index is 0.391. The molecular weight excluding hydrogens is 220 g/mol. The molecule has 0 bridgehead atoms. The summed E-state index contributed by atoms with van der Waals surface area (Å²) in [5.41, 5.74) is 0. The lowest BCUT2D eigenvalue weighted by molar-refractivity contribution is -0.121. The van der Waals surface area contributed by atoms with Gasteiger partial charge in [0.15, 0.2) is 0 Å². The van der Waals surface area contributed by atoms with Crippen molar-refractivity contribution in [2.75, 3.05) is 5.88 Å². The quantitative estimate of drug-likeness (QED) is 0.452. The van der Waals surface area contributed by atoms with Gasteiger partial charge in [-0.3, -0.25) is 4.79 Å². The van der Waals surface area contributed by atoms with Crippen LogP contribution in [-0.2, 0) is 4.79 Å². The molecule has 1 saturated carbocycles. The van der Waals surface area contributed by atoms with Crippen molar-refractivity contribution in [3.8, 4) is 0 Å². The van der Waals surface area contributed by atoms with Gasteiger partial charge in [0.1, 0.15) is 5.78 Å². The average molecular weight is 245 g/mol. The van der Waals surface area contributed by atoms with Crippen molar-refractivity contribution in [3.63, 3.8) is 0 Å². The summed E-state index contributed by atoms with van der Waals surface area (Å²) in [5.74, 6) is 2.36. The zero-order chi connectivity index (χ0) is 11.8. The molecule has 0 heterocycles. The zero-order valence-corrected chi connectivity index (χ0v) is 11.3. The average Bonchev–Trinajstić information content (AvgIpc) is 2.62. The van der Waals surface area contributed by atoms with Gasteiger partial charge in [0.25, 0.3) is 0 Å². The van der Waals surface area contributed by atoms with Crippen molar-refractivity contribution in [2.45, 2.75) is 64.7 Å². The van der Waals surface area contributed by atoms with Gasteiger partial charge in [-0.05, 0) is 31.6 Å². The molecule has 1 aliphatic carbocycles. The first-order valence-electron chi connectivity index (χ1n) is 6.88. The minimum atomic E-state index is 0.391. The largest absolute Gasteiger partial charge is 0.299 e. The van der Waals surface area contributed by atoms with Gasteiger partial charge >= 0.3 is 0 Å². The second-order valence-electron chi connectivity index (χ2n) is 5.05. The van der Waals surface area contributed by atoms with Crippen LogP contribution in [-0.4, -0.2) is 11.7 Å². The first-order chi connectivity index (χ1) is 7.79. The molecular formula is C14H25ClO. The van der Waals surface area contributed by atoms with Gasteiger partial charge in [-0.15, -0.1) is 11.6 Å². The molecule has 1 nitrogen and oxygen atoms in total. The highest BCUT2D eigenvalue weighted by molar-refractivity contribution is 6.17. The Morgan fingerprint density at radius 3 is 2.62 bits per heavy atom. The van der Waals surface area contributed by atoms with E-state index in [2.05, 4.69) is 6.92 Å². The van der Waals surface area contributed by atoms with Gasteiger partial charge in [0.2, 0.25) is 0 Å². The van der Waals surface area contributed by atoms with E-state index < -0.39 is 0 Å². The van der Waals surface area contributed by atoms with Crippen molar-refractivity contribution in [1.82, 2.24) is 0 Å². The number of rotatable bonds is 8. The molecule has 94 valence electrons. The molecule has 2 heteroatoms. The van der Waals surface area contributed by atoms with E-state index >= 15 is 0 Å². The van der Waals surface area contributed by atoms with Gasteiger partial charge < -0.3 is 0 Å². The molecule has 0 aromatic carbocycles. The summed E-state index contributed by atoms with van der Waals surface area (Å²) >= 11 is 5.69. The molecule has 0 amide bonds. The molecule has 1 aliphatic rings. The number of Topliss-reactive ketones (excluding diaryl/α,β-unsaturated/α-hetero) is 1. The Kier molecular flexibility index (Phi) is 7.11. The SMILES string of the molecule is CCCCCC1C(=O)CCC1CCCCCl. The number of halogens is 1. The molecule has 0 aliphatic heterocycles. The number of ketones is 1. The summed E-state index contributed by atoms with van der Waals surface area (Å²) in [7, 11) is 0. The lowest BCUT2D eigenvalue weighted by Crippen LogP contribution is -2.14. The van der Waals surface area contributed by atoms with Crippen LogP contribution in [0.25, 0.3) is 0 Å². The molecule has 2 unspecified atom stereocenters. The molecule has 0 N–H and O–H groups in total. The van der Waals surface area contributed by atoms with E-state index in [1.54, 1.807) is 0 Å². The van der Waals surface area contributed by atoms with Gasteiger partial charge in [-0.1, -0.05) is 32.6 Å². The van der Waals surface area contributed by atoms with Gasteiger partial charge in [0, 0.05) is 18.2 Å². The van der Waals surface area contributed by atoms with Crippen LogP contribution in [0, 0.1) is 11.8 Å². The number of carbonyl (C=O) groups excluding carboxylic acids is 1. The van der Waals surface area contributed by atoms with Crippen LogP contribution < -0.4 is 0 Å². The van der Waals surface area contributed by atoms with Crippen LogP contribution in [0.15, 0.2) is 0 Å². The van der Waals surface area contributed by atoms with Crippen LogP contribution in [0.2, 0.25) is 0 Å². The second-order valence-corrected chi connectivity index (χ2v) is 5.43. The first kappa shape index (κ1) is 14.0. The molecule has 0 saturated heterocycles. The second kappa shape index (κ2) is 8.11. The van der Waals surface area contributed by atoms with E-state index in [1.165, 1.54) is 32.1 Å². The van der Waals surface area contributed by atoms with E-state index in [9.17, 15) is 4.79 Å². The predicted octanol–water partition coefficient (Wildman–Crippen LogP) is 4.57. The van der Waals surface area contributed by atoms with Crippen molar-refractivity contribution in [2.24, 2.45) is 11.8 Å². The molecule has 0 radical (unpaired) electrons. The highest BCUT2D eigenvalue weighted by Gasteiger charge is 2.33. The maximum absolute atomic E-state index is 11.8. The minimum Gasteiger partial charge on any atom is -0.299 e. The van der Waals surface area contributed by atoms with Crippen LogP contribution in [0.3, 0.4) is 0 Å². The van der Waals surface area contributed by atoms with E-state index in [4.69, 9.17) is 11.6 Å². The van der Waals surface area contributed by atoms with Crippen molar-refractivity contribution < 1.29 is 4.79 Å². The third-order valence-corrected chi connectivity index (χ3v) is 4.09. The fourth-order valence-electron chi connectivity index (χ4n) is 2.83. The third-order valence-electron chi connectivity index (χ3n) is 3.82. The Labute approximate surface area is 105 Å². The molecule has 0 spiro atoms. The molecule has 1 rings (SSSR count). The lowest BCUT2D eigenvalue weighted by atomic mass is 9.87. The van der Waals surface area contributed by atoms with Crippen molar-refractivity contribution >= 4 is 17.4 Å². The summed E-state index contributed by atoms with van der Waals surface area (Å²) in [6.07, 6.45) is 10.4. The smallest absolute Gasteiger partial charge is 0.136 e. The predicted molar refractivity (Wildman–Crippen MR) is 69.9 cm³/mol. The normalized spacial score (nSPS) is 25.2. The number of carbonyl (C=O) groups is 1. The van der Waals surface area contributed by atoms with Gasteiger partial charge in [-0.25, -0.2) is 0 Å². The highest BCUT2D eigenvalue weighted by Crippen LogP contribution is 2.36. The summed E-state index contributed by atoms with van der Waals surface area (Å²) < 4.78 is 0. The van der Waals surface area contributed by atoms with E-state index in [-0.39, 0.29) is 0 Å². The van der Waals surface area contributed by atoms with E-state index in [0.29, 0.717) is 17.6 Å². The molecule has 2 atom stereocenters. The lowest BCUT2D eigenvalue weighted by Gasteiger charge is -2.17.